The highest BCUT2D eigenvalue weighted by Crippen LogP contribution is 2.18. The second kappa shape index (κ2) is 7.13. The van der Waals surface area contributed by atoms with Crippen LogP contribution in [-0.2, 0) is 4.74 Å². The molecule has 0 spiro atoms. The van der Waals surface area contributed by atoms with E-state index in [0.29, 0.717) is 35.7 Å². The lowest BCUT2D eigenvalue weighted by Gasteiger charge is -2.23. The minimum absolute atomic E-state index is 0.373. The van der Waals surface area contributed by atoms with Crippen molar-refractivity contribution < 1.29 is 9.84 Å². The van der Waals surface area contributed by atoms with E-state index in [1.807, 2.05) is 6.26 Å². The smallest absolute Gasteiger partial charge is 0.190 e. The summed E-state index contributed by atoms with van der Waals surface area (Å²) in [5, 5.41) is 14.1. The van der Waals surface area contributed by atoms with Crippen molar-refractivity contribution in [3.8, 4) is 0 Å². The van der Waals surface area contributed by atoms with Crippen LogP contribution in [0.15, 0.2) is 11.2 Å². The zero-order valence-electron chi connectivity index (χ0n) is 10.7. The van der Waals surface area contributed by atoms with Crippen LogP contribution in [0.2, 0.25) is 5.15 Å². The summed E-state index contributed by atoms with van der Waals surface area (Å²) in [4.78, 5) is 8.29. The van der Waals surface area contributed by atoms with Crippen molar-refractivity contribution >= 4 is 29.2 Å². The first-order valence-corrected chi connectivity index (χ1v) is 7.11. The zero-order chi connectivity index (χ0) is 13.6. The molecule has 0 aromatic carbocycles. The van der Waals surface area contributed by atoms with Crippen LogP contribution in [0.1, 0.15) is 13.3 Å². The van der Waals surface area contributed by atoms with Crippen molar-refractivity contribution in [2.75, 3.05) is 31.8 Å². The molecule has 1 heterocycles. The van der Waals surface area contributed by atoms with Crippen molar-refractivity contribution in [2.45, 2.75) is 24.1 Å². The third-order valence-electron chi connectivity index (χ3n) is 2.35. The number of anilines is 1. The molecule has 0 bridgehead atoms. The molecular formula is C11H18ClN3O2S. The van der Waals surface area contributed by atoms with Gasteiger partial charge in [0.2, 0.25) is 0 Å². The van der Waals surface area contributed by atoms with Gasteiger partial charge in [-0.15, -0.1) is 0 Å². The highest BCUT2D eigenvalue weighted by atomic mass is 35.5. The number of rotatable bonds is 7. The van der Waals surface area contributed by atoms with Crippen LogP contribution < -0.4 is 5.32 Å². The van der Waals surface area contributed by atoms with Gasteiger partial charge in [0.15, 0.2) is 5.16 Å². The number of nitrogens with zero attached hydrogens (tertiary/aromatic N) is 2. The lowest BCUT2D eigenvalue weighted by molar-refractivity contribution is 0.0357. The van der Waals surface area contributed by atoms with E-state index in [-0.39, 0.29) is 0 Å². The van der Waals surface area contributed by atoms with E-state index in [1.165, 1.54) is 11.8 Å². The Hall–Kier alpha value is -0.560. The van der Waals surface area contributed by atoms with Crippen molar-refractivity contribution in [3.63, 3.8) is 0 Å². The fourth-order valence-corrected chi connectivity index (χ4v) is 1.88. The highest BCUT2D eigenvalue weighted by molar-refractivity contribution is 7.98. The van der Waals surface area contributed by atoms with E-state index in [4.69, 9.17) is 16.3 Å². The summed E-state index contributed by atoms with van der Waals surface area (Å²) in [6.45, 7) is 2.63. The first kappa shape index (κ1) is 15.5. The summed E-state index contributed by atoms with van der Waals surface area (Å²) in [6.07, 6.45) is 2.43. The maximum atomic E-state index is 10.1. The first-order chi connectivity index (χ1) is 8.46. The van der Waals surface area contributed by atoms with Crippen LogP contribution in [0.4, 0.5) is 5.82 Å². The summed E-state index contributed by atoms with van der Waals surface area (Å²) in [7, 11) is 1.61. The van der Waals surface area contributed by atoms with Crippen LogP contribution >= 0.6 is 23.4 Å². The summed E-state index contributed by atoms with van der Waals surface area (Å²) >= 11 is 7.29. The Morgan fingerprint density at radius 1 is 1.56 bits per heavy atom. The number of hydrogen-bond donors (Lipinski definition) is 2. The van der Waals surface area contributed by atoms with Gasteiger partial charge in [-0.3, -0.25) is 0 Å². The topological polar surface area (TPSA) is 67.3 Å². The van der Waals surface area contributed by atoms with Crippen LogP contribution in [0.25, 0.3) is 0 Å². The summed E-state index contributed by atoms with van der Waals surface area (Å²) in [5.41, 5.74) is -0.854. The Kier molecular flexibility index (Phi) is 6.14. The molecule has 1 unspecified atom stereocenters. The Balaban J connectivity index is 2.59. The molecule has 1 rings (SSSR count). The number of ether oxygens (including phenoxy) is 1. The highest BCUT2D eigenvalue weighted by Gasteiger charge is 2.20. The lowest BCUT2D eigenvalue weighted by Crippen LogP contribution is -2.34. The molecule has 102 valence electrons. The van der Waals surface area contributed by atoms with Crippen molar-refractivity contribution in [3.05, 3.63) is 11.2 Å². The van der Waals surface area contributed by atoms with Gasteiger partial charge in [0.1, 0.15) is 11.0 Å². The first-order valence-electron chi connectivity index (χ1n) is 5.50. The van der Waals surface area contributed by atoms with Crippen molar-refractivity contribution in [1.82, 2.24) is 9.97 Å². The van der Waals surface area contributed by atoms with Gasteiger partial charge in [0.25, 0.3) is 0 Å². The van der Waals surface area contributed by atoms with Gasteiger partial charge < -0.3 is 15.2 Å². The standard InChI is InChI=1S/C11H18ClN3O2S/c1-11(16,4-5-17-2)7-13-9-6-8(12)14-10(15-9)18-3/h6,16H,4-5,7H2,1-3H3,(H,13,14,15). The molecule has 0 radical (unpaired) electrons. The molecule has 0 amide bonds. The molecule has 0 aliphatic carbocycles. The predicted octanol–water partition coefficient (Wildman–Crippen LogP) is 2.05. The van der Waals surface area contributed by atoms with Gasteiger partial charge in [-0.05, 0) is 13.2 Å². The quantitative estimate of drug-likeness (QED) is 0.455. The predicted molar refractivity (Wildman–Crippen MR) is 74.4 cm³/mol. The molecule has 1 aromatic rings. The molecule has 0 saturated carbocycles. The molecule has 0 saturated heterocycles. The number of hydrogen-bond acceptors (Lipinski definition) is 6. The Labute approximate surface area is 116 Å². The molecule has 5 nitrogen and oxygen atoms in total. The normalized spacial score (nSPS) is 14.3. The van der Waals surface area contributed by atoms with Crippen LogP contribution in [0.5, 0.6) is 0 Å². The number of nitrogens with one attached hydrogen (secondary N) is 1. The minimum Gasteiger partial charge on any atom is -0.388 e. The Morgan fingerprint density at radius 3 is 2.89 bits per heavy atom. The van der Waals surface area contributed by atoms with Crippen LogP contribution in [-0.4, -0.2) is 47.2 Å². The molecule has 2 N–H and O–H groups in total. The van der Waals surface area contributed by atoms with E-state index in [1.54, 1.807) is 20.1 Å². The molecule has 0 aliphatic rings. The molecule has 0 fully saturated rings. The second-order valence-corrected chi connectivity index (χ2v) is 5.32. The minimum atomic E-state index is -0.854. The molecule has 7 heteroatoms. The van der Waals surface area contributed by atoms with E-state index in [9.17, 15) is 5.11 Å². The SMILES string of the molecule is COCCC(C)(O)CNc1cc(Cl)nc(SC)n1. The summed E-state index contributed by atoms with van der Waals surface area (Å²) in [5.74, 6) is 0.608. The molecule has 0 aliphatic heterocycles. The molecule has 1 aromatic heterocycles. The van der Waals surface area contributed by atoms with Crippen molar-refractivity contribution in [2.24, 2.45) is 0 Å². The van der Waals surface area contributed by atoms with E-state index in [2.05, 4.69) is 15.3 Å². The molecule has 18 heavy (non-hydrogen) atoms. The van der Waals surface area contributed by atoms with Gasteiger partial charge in [0, 0.05) is 32.7 Å². The van der Waals surface area contributed by atoms with Gasteiger partial charge in [0.05, 0.1) is 5.60 Å². The average molecular weight is 292 g/mol. The lowest BCUT2D eigenvalue weighted by atomic mass is 10.0. The van der Waals surface area contributed by atoms with Crippen LogP contribution in [0, 0.1) is 0 Å². The van der Waals surface area contributed by atoms with Gasteiger partial charge >= 0.3 is 0 Å². The maximum absolute atomic E-state index is 10.1. The monoisotopic (exact) mass is 291 g/mol. The van der Waals surface area contributed by atoms with Gasteiger partial charge in [-0.2, -0.15) is 0 Å². The van der Waals surface area contributed by atoms with Crippen molar-refractivity contribution in [1.29, 1.82) is 0 Å². The van der Waals surface area contributed by atoms with Gasteiger partial charge in [-0.1, -0.05) is 23.4 Å². The number of methoxy groups -OCH3 is 1. The Morgan fingerprint density at radius 2 is 2.28 bits per heavy atom. The van der Waals surface area contributed by atoms with E-state index in [0.717, 1.165) is 0 Å². The van der Waals surface area contributed by atoms with E-state index >= 15 is 0 Å². The third kappa shape index (κ3) is 5.39. The fourth-order valence-electron chi connectivity index (χ4n) is 1.27. The number of aliphatic hydroxyl groups is 1. The number of thioether (sulfide) groups is 1. The van der Waals surface area contributed by atoms with Gasteiger partial charge in [-0.25, -0.2) is 9.97 Å². The van der Waals surface area contributed by atoms with Crippen LogP contribution in [0.3, 0.4) is 0 Å². The maximum Gasteiger partial charge on any atom is 0.190 e. The second-order valence-electron chi connectivity index (χ2n) is 4.16. The molecule has 1 atom stereocenters. The largest absolute Gasteiger partial charge is 0.388 e. The fraction of sp³-hybridized carbons (Fsp3) is 0.636. The van der Waals surface area contributed by atoms with E-state index < -0.39 is 5.60 Å². The average Bonchev–Trinajstić information content (AvgIpc) is 2.33. The summed E-state index contributed by atoms with van der Waals surface area (Å²) < 4.78 is 4.95. The zero-order valence-corrected chi connectivity index (χ0v) is 12.3. The number of aromatic nitrogens is 2. The third-order valence-corrected chi connectivity index (χ3v) is 3.09. The summed E-state index contributed by atoms with van der Waals surface area (Å²) in [6, 6.07) is 1.63. The molecular weight excluding hydrogens is 274 g/mol. The number of halogens is 1. The Bertz CT molecular complexity index is 391.